The van der Waals surface area contributed by atoms with E-state index in [1.54, 1.807) is 0 Å². The lowest BCUT2D eigenvalue weighted by molar-refractivity contribution is 0.0261. The summed E-state index contributed by atoms with van der Waals surface area (Å²) in [5.41, 5.74) is -0.515. The van der Waals surface area contributed by atoms with Crippen molar-refractivity contribution in [1.29, 1.82) is 0 Å². The van der Waals surface area contributed by atoms with Crippen LogP contribution in [0.2, 0.25) is 0 Å². The Bertz CT molecular complexity index is 301. The van der Waals surface area contributed by atoms with E-state index in [0.717, 1.165) is 12.6 Å². The van der Waals surface area contributed by atoms with Crippen molar-refractivity contribution < 1.29 is 9.30 Å². The van der Waals surface area contributed by atoms with Crippen LogP contribution in [0.3, 0.4) is 0 Å². The monoisotopic (exact) mass is 250 g/mol. The Morgan fingerprint density at radius 3 is 2.80 bits per heavy atom. The van der Waals surface area contributed by atoms with Crippen LogP contribution >= 0.6 is 18.7 Å². The zero-order chi connectivity index (χ0) is 11.5. The van der Waals surface area contributed by atoms with Gasteiger partial charge in [-0.25, -0.2) is 0 Å². The topological polar surface area (TPSA) is 26.3 Å². The van der Waals surface area contributed by atoms with Gasteiger partial charge in [0.1, 0.15) is 5.60 Å². The summed E-state index contributed by atoms with van der Waals surface area (Å²) in [6.07, 6.45) is 4.89. The number of ether oxygens (including phenoxy) is 1. The van der Waals surface area contributed by atoms with Gasteiger partial charge in [0.15, 0.2) is 0 Å². The maximum Gasteiger partial charge on any atom is 0.107 e. The molecule has 15 heavy (non-hydrogen) atoms. The van der Waals surface area contributed by atoms with E-state index in [4.69, 9.17) is 16.3 Å². The van der Waals surface area contributed by atoms with E-state index in [2.05, 4.69) is 6.92 Å². The SMILES string of the molecule is CCC[P@@]1(=O)CC=C(Cl)[C@@](C)(OCC)C1. The summed E-state index contributed by atoms with van der Waals surface area (Å²) in [4.78, 5) is 0. The minimum atomic E-state index is -2.09. The Labute approximate surface area is 97.4 Å². The Morgan fingerprint density at radius 1 is 1.60 bits per heavy atom. The molecule has 0 saturated carbocycles. The van der Waals surface area contributed by atoms with Gasteiger partial charge in [-0.2, -0.15) is 0 Å². The lowest BCUT2D eigenvalue weighted by Gasteiger charge is -2.36. The Kier molecular flexibility index (Phi) is 4.46. The molecule has 0 amide bonds. The van der Waals surface area contributed by atoms with Crippen LogP contribution in [0.4, 0.5) is 0 Å². The van der Waals surface area contributed by atoms with Crippen LogP contribution in [-0.2, 0) is 9.30 Å². The molecule has 0 saturated heterocycles. The number of hydrogen-bond donors (Lipinski definition) is 0. The van der Waals surface area contributed by atoms with E-state index in [0.29, 0.717) is 24.0 Å². The van der Waals surface area contributed by atoms with Crippen LogP contribution in [0, 0.1) is 0 Å². The van der Waals surface area contributed by atoms with Crippen LogP contribution < -0.4 is 0 Å². The second-order valence-electron chi connectivity index (χ2n) is 4.34. The molecule has 1 heterocycles. The molecule has 0 spiro atoms. The van der Waals surface area contributed by atoms with Crippen LogP contribution in [0.1, 0.15) is 27.2 Å². The fraction of sp³-hybridized carbons (Fsp3) is 0.818. The molecule has 1 aliphatic rings. The van der Waals surface area contributed by atoms with E-state index < -0.39 is 12.7 Å². The van der Waals surface area contributed by atoms with Crippen molar-refractivity contribution in [2.75, 3.05) is 25.1 Å². The third-order valence-electron chi connectivity index (χ3n) is 2.79. The zero-order valence-electron chi connectivity index (χ0n) is 9.75. The molecule has 0 aromatic carbocycles. The summed E-state index contributed by atoms with van der Waals surface area (Å²) in [6.45, 7) is 6.55. The van der Waals surface area contributed by atoms with Gasteiger partial charge in [-0.05, 0) is 20.3 Å². The highest BCUT2D eigenvalue weighted by Gasteiger charge is 2.40. The first-order chi connectivity index (χ1) is 6.96. The molecule has 0 bridgehead atoms. The highest BCUT2D eigenvalue weighted by atomic mass is 35.5. The first-order valence-corrected chi connectivity index (χ1v) is 8.17. The average molecular weight is 251 g/mol. The standard InChI is InChI=1S/C11H20ClO2P/c1-4-7-15(13)8-6-10(12)11(3,9-15)14-5-2/h6H,4-5,7-9H2,1-3H3/t11-,15+/m0/s1. The maximum absolute atomic E-state index is 12.5. The molecule has 0 N–H and O–H groups in total. The Hall–Kier alpha value is 0.220. The molecule has 0 aromatic heterocycles. The minimum Gasteiger partial charge on any atom is -0.369 e. The highest BCUT2D eigenvalue weighted by molar-refractivity contribution is 7.64. The number of rotatable bonds is 4. The van der Waals surface area contributed by atoms with E-state index in [1.165, 1.54) is 0 Å². The Balaban J connectivity index is 2.87. The van der Waals surface area contributed by atoms with E-state index in [9.17, 15) is 4.57 Å². The smallest absolute Gasteiger partial charge is 0.107 e. The normalized spacial score (nSPS) is 36.4. The molecule has 1 aliphatic heterocycles. The summed E-state index contributed by atoms with van der Waals surface area (Å²) >= 11 is 6.15. The fourth-order valence-electron chi connectivity index (χ4n) is 2.16. The third kappa shape index (κ3) is 3.09. The van der Waals surface area contributed by atoms with Gasteiger partial charge in [0.25, 0.3) is 0 Å². The molecule has 2 atom stereocenters. The second kappa shape index (κ2) is 5.03. The third-order valence-corrected chi connectivity index (χ3v) is 6.64. The number of hydrogen-bond acceptors (Lipinski definition) is 2. The molecule has 0 aliphatic carbocycles. The van der Waals surface area contributed by atoms with E-state index in [-0.39, 0.29) is 0 Å². The van der Waals surface area contributed by atoms with Crippen molar-refractivity contribution in [3.8, 4) is 0 Å². The van der Waals surface area contributed by atoms with Crippen LogP contribution in [-0.4, -0.2) is 30.7 Å². The molecular weight excluding hydrogens is 231 g/mol. The quantitative estimate of drug-likeness (QED) is 0.712. The van der Waals surface area contributed by atoms with Crippen molar-refractivity contribution in [3.63, 3.8) is 0 Å². The van der Waals surface area contributed by atoms with E-state index in [1.807, 2.05) is 19.9 Å². The van der Waals surface area contributed by atoms with Gasteiger partial charge < -0.3 is 9.30 Å². The maximum atomic E-state index is 12.5. The molecule has 4 heteroatoms. The van der Waals surface area contributed by atoms with Gasteiger partial charge in [-0.15, -0.1) is 0 Å². The van der Waals surface area contributed by atoms with E-state index >= 15 is 0 Å². The van der Waals surface area contributed by atoms with Crippen molar-refractivity contribution in [3.05, 3.63) is 11.1 Å². The summed E-state index contributed by atoms with van der Waals surface area (Å²) in [5.74, 6) is 0. The largest absolute Gasteiger partial charge is 0.369 e. The van der Waals surface area contributed by atoms with Crippen LogP contribution in [0.5, 0.6) is 0 Å². The van der Waals surface area contributed by atoms with Gasteiger partial charge in [0.2, 0.25) is 0 Å². The summed E-state index contributed by atoms with van der Waals surface area (Å²) in [5, 5.41) is 0.715. The lowest BCUT2D eigenvalue weighted by Crippen LogP contribution is -2.37. The molecule has 0 radical (unpaired) electrons. The van der Waals surface area contributed by atoms with Gasteiger partial charge >= 0.3 is 0 Å². The van der Waals surface area contributed by atoms with Crippen molar-refractivity contribution in [2.45, 2.75) is 32.8 Å². The second-order valence-corrected chi connectivity index (χ2v) is 7.99. The Morgan fingerprint density at radius 2 is 2.27 bits per heavy atom. The number of allylic oxidation sites excluding steroid dienone is 1. The first-order valence-electron chi connectivity index (χ1n) is 5.53. The van der Waals surface area contributed by atoms with Crippen LogP contribution in [0.25, 0.3) is 0 Å². The number of halogens is 1. The van der Waals surface area contributed by atoms with Gasteiger partial charge in [0.05, 0.1) is 7.14 Å². The van der Waals surface area contributed by atoms with Crippen molar-refractivity contribution in [1.82, 2.24) is 0 Å². The summed E-state index contributed by atoms with van der Waals surface area (Å²) < 4.78 is 18.1. The molecule has 0 unspecified atom stereocenters. The fourth-order valence-corrected chi connectivity index (χ4v) is 5.72. The summed E-state index contributed by atoms with van der Waals surface area (Å²) in [7, 11) is -2.09. The van der Waals surface area contributed by atoms with Gasteiger partial charge in [0, 0.05) is 30.1 Å². The van der Waals surface area contributed by atoms with Crippen molar-refractivity contribution in [2.24, 2.45) is 0 Å². The molecule has 88 valence electrons. The van der Waals surface area contributed by atoms with Crippen molar-refractivity contribution >= 4 is 18.7 Å². The highest BCUT2D eigenvalue weighted by Crippen LogP contribution is 2.54. The zero-order valence-corrected chi connectivity index (χ0v) is 11.4. The average Bonchev–Trinajstić information content (AvgIpc) is 2.13. The predicted octanol–water partition coefficient (Wildman–Crippen LogP) is 3.69. The molecule has 0 fully saturated rings. The molecule has 0 aromatic rings. The molecule has 1 rings (SSSR count). The minimum absolute atomic E-state index is 0.515. The van der Waals surface area contributed by atoms with Gasteiger partial charge in [-0.3, -0.25) is 0 Å². The first kappa shape index (κ1) is 13.3. The van der Waals surface area contributed by atoms with Gasteiger partial charge in [-0.1, -0.05) is 24.6 Å². The lowest BCUT2D eigenvalue weighted by atomic mass is 10.1. The molecular formula is C11H20ClO2P. The summed E-state index contributed by atoms with van der Waals surface area (Å²) in [6, 6.07) is 0. The predicted molar refractivity (Wildman–Crippen MR) is 66.5 cm³/mol. The van der Waals surface area contributed by atoms with Crippen LogP contribution in [0.15, 0.2) is 11.1 Å². The molecule has 2 nitrogen and oxygen atoms in total.